The van der Waals surface area contributed by atoms with Gasteiger partial charge >= 0.3 is 5.97 Å². The van der Waals surface area contributed by atoms with Gasteiger partial charge in [-0.15, -0.1) is 0 Å². The number of aromatic amines is 1. The molecule has 1 aromatic carbocycles. The van der Waals surface area contributed by atoms with Gasteiger partial charge in [-0.2, -0.15) is 0 Å². The van der Waals surface area contributed by atoms with Crippen LogP contribution in [0.25, 0.3) is 0 Å². The highest BCUT2D eigenvalue weighted by atomic mass is 35.5. The van der Waals surface area contributed by atoms with Crippen LogP contribution < -0.4 is 5.32 Å². The van der Waals surface area contributed by atoms with Gasteiger partial charge in [-0.05, 0) is 29.8 Å². The monoisotopic (exact) mass is 264 g/mol. The Hall–Kier alpha value is -1.94. The molecular weight excluding hydrogens is 252 g/mol. The fourth-order valence-electron chi connectivity index (χ4n) is 1.57. The third-order valence-corrected chi connectivity index (χ3v) is 2.86. The van der Waals surface area contributed by atoms with E-state index in [1.807, 2.05) is 18.5 Å². The van der Waals surface area contributed by atoms with Crippen molar-refractivity contribution in [2.24, 2.45) is 0 Å². The molecule has 0 amide bonds. The van der Waals surface area contributed by atoms with Gasteiger partial charge in [0.05, 0.1) is 23.4 Å². The number of esters is 1. The average molecular weight is 265 g/mol. The fraction of sp³-hybridized carbons (Fsp3) is 0.154. The Labute approximate surface area is 110 Å². The predicted octanol–water partition coefficient (Wildman–Crippen LogP) is 3.07. The Bertz CT molecular complexity index is 538. The molecule has 0 atom stereocenters. The number of aromatic nitrogens is 1. The van der Waals surface area contributed by atoms with Crippen LogP contribution in [0, 0.1) is 0 Å². The zero-order valence-corrected chi connectivity index (χ0v) is 10.6. The zero-order chi connectivity index (χ0) is 13.0. The van der Waals surface area contributed by atoms with Crippen molar-refractivity contribution in [2.75, 3.05) is 12.4 Å². The summed E-state index contributed by atoms with van der Waals surface area (Å²) in [6.45, 7) is 0.633. The largest absolute Gasteiger partial charge is 0.465 e. The molecule has 0 aliphatic heterocycles. The summed E-state index contributed by atoms with van der Waals surface area (Å²) in [6.07, 6.45) is 3.74. The van der Waals surface area contributed by atoms with Crippen LogP contribution in [0.4, 0.5) is 5.69 Å². The van der Waals surface area contributed by atoms with Gasteiger partial charge in [0.1, 0.15) is 0 Å². The van der Waals surface area contributed by atoms with E-state index in [0.717, 1.165) is 5.56 Å². The van der Waals surface area contributed by atoms with E-state index in [0.29, 0.717) is 22.8 Å². The second kappa shape index (κ2) is 5.60. The number of nitrogens with one attached hydrogen (secondary N) is 2. The number of rotatable bonds is 4. The summed E-state index contributed by atoms with van der Waals surface area (Å²) < 4.78 is 4.67. The Morgan fingerprint density at radius 1 is 1.44 bits per heavy atom. The Balaban J connectivity index is 2.13. The number of hydrogen-bond acceptors (Lipinski definition) is 3. The average Bonchev–Trinajstić information content (AvgIpc) is 2.90. The maximum atomic E-state index is 11.4. The molecule has 0 aliphatic carbocycles. The predicted molar refractivity (Wildman–Crippen MR) is 70.9 cm³/mol. The summed E-state index contributed by atoms with van der Waals surface area (Å²) >= 11 is 6.06. The van der Waals surface area contributed by atoms with Gasteiger partial charge in [-0.1, -0.05) is 11.6 Å². The summed E-state index contributed by atoms with van der Waals surface area (Å²) in [4.78, 5) is 14.4. The van der Waals surface area contributed by atoms with Crippen LogP contribution in [-0.2, 0) is 11.3 Å². The smallest absolute Gasteiger partial charge is 0.337 e. The highest BCUT2D eigenvalue weighted by Crippen LogP contribution is 2.24. The molecule has 2 rings (SSSR count). The molecule has 1 aromatic heterocycles. The lowest BCUT2D eigenvalue weighted by atomic mass is 10.2. The molecule has 1 heterocycles. The van der Waals surface area contributed by atoms with E-state index in [1.165, 1.54) is 7.11 Å². The minimum Gasteiger partial charge on any atom is -0.465 e. The van der Waals surface area contributed by atoms with Gasteiger partial charge < -0.3 is 15.0 Å². The summed E-state index contributed by atoms with van der Waals surface area (Å²) in [7, 11) is 1.35. The summed E-state index contributed by atoms with van der Waals surface area (Å²) in [5, 5.41) is 3.74. The van der Waals surface area contributed by atoms with Crippen LogP contribution in [0.2, 0.25) is 5.02 Å². The van der Waals surface area contributed by atoms with Gasteiger partial charge in [0.15, 0.2) is 0 Å². The molecule has 0 bridgehead atoms. The first-order chi connectivity index (χ1) is 8.70. The third-order valence-electron chi connectivity index (χ3n) is 2.53. The number of anilines is 1. The quantitative estimate of drug-likeness (QED) is 0.835. The van der Waals surface area contributed by atoms with Crippen molar-refractivity contribution in [3.8, 4) is 0 Å². The van der Waals surface area contributed by atoms with E-state index in [1.54, 1.807) is 18.2 Å². The first-order valence-corrected chi connectivity index (χ1v) is 5.82. The second-order valence-corrected chi connectivity index (χ2v) is 4.17. The van der Waals surface area contributed by atoms with Crippen molar-refractivity contribution in [1.29, 1.82) is 0 Å². The fourth-order valence-corrected chi connectivity index (χ4v) is 1.76. The molecule has 0 spiro atoms. The molecule has 0 fully saturated rings. The zero-order valence-electron chi connectivity index (χ0n) is 9.87. The number of halogens is 1. The van der Waals surface area contributed by atoms with Crippen LogP contribution >= 0.6 is 11.6 Å². The van der Waals surface area contributed by atoms with Crippen molar-refractivity contribution in [3.63, 3.8) is 0 Å². The lowest BCUT2D eigenvalue weighted by Crippen LogP contribution is -2.04. The first-order valence-electron chi connectivity index (χ1n) is 5.44. The van der Waals surface area contributed by atoms with Gasteiger partial charge in [-0.25, -0.2) is 4.79 Å². The van der Waals surface area contributed by atoms with Crippen LogP contribution in [-0.4, -0.2) is 18.1 Å². The van der Waals surface area contributed by atoms with Crippen LogP contribution in [0.3, 0.4) is 0 Å². The molecule has 0 aliphatic rings. The van der Waals surface area contributed by atoms with Crippen molar-refractivity contribution in [3.05, 3.63) is 52.8 Å². The molecule has 0 saturated heterocycles. The molecule has 94 valence electrons. The summed E-state index contributed by atoms with van der Waals surface area (Å²) in [6, 6.07) is 6.95. The molecule has 2 N–H and O–H groups in total. The molecule has 18 heavy (non-hydrogen) atoms. The number of hydrogen-bond donors (Lipinski definition) is 2. The highest BCUT2D eigenvalue weighted by molar-refractivity contribution is 6.33. The van der Waals surface area contributed by atoms with E-state index >= 15 is 0 Å². The topological polar surface area (TPSA) is 54.1 Å². The van der Waals surface area contributed by atoms with Gasteiger partial charge in [0.25, 0.3) is 0 Å². The standard InChI is InChI=1S/C13H13ClN2O2/c1-18-13(17)10-2-3-11(14)12(6-10)16-8-9-4-5-15-7-9/h2-7,15-16H,8H2,1H3. The summed E-state index contributed by atoms with van der Waals surface area (Å²) in [5.74, 6) is -0.378. The molecule has 0 radical (unpaired) electrons. The SMILES string of the molecule is COC(=O)c1ccc(Cl)c(NCc2cc[nH]c2)c1. The number of benzene rings is 1. The Kier molecular flexibility index (Phi) is 3.89. The number of ether oxygens (including phenoxy) is 1. The van der Waals surface area contributed by atoms with Crippen LogP contribution in [0.1, 0.15) is 15.9 Å². The van der Waals surface area contributed by atoms with E-state index < -0.39 is 0 Å². The van der Waals surface area contributed by atoms with E-state index in [-0.39, 0.29) is 5.97 Å². The number of H-pyrrole nitrogens is 1. The van der Waals surface area contributed by atoms with Crippen molar-refractivity contribution in [2.45, 2.75) is 6.54 Å². The van der Waals surface area contributed by atoms with Gasteiger partial charge in [0, 0.05) is 18.9 Å². The Morgan fingerprint density at radius 3 is 2.94 bits per heavy atom. The van der Waals surface area contributed by atoms with Crippen molar-refractivity contribution in [1.82, 2.24) is 4.98 Å². The molecule has 0 saturated carbocycles. The Morgan fingerprint density at radius 2 is 2.28 bits per heavy atom. The minimum atomic E-state index is -0.378. The first kappa shape index (κ1) is 12.5. The minimum absolute atomic E-state index is 0.378. The molecule has 5 heteroatoms. The van der Waals surface area contributed by atoms with Crippen molar-refractivity contribution < 1.29 is 9.53 Å². The number of carbonyl (C=O) groups is 1. The number of carbonyl (C=O) groups excluding carboxylic acids is 1. The normalized spacial score (nSPS) is 10.1. The van der Waals surface area contributed by atoms with E-state index in [4.69, 9.17) is 11.6 Å². The third kappa shape index (κ3) is 2.84. The van der Waals surface area contributed by atoms with Crippen LogP contribution in [0.5, 0.6) is 0 Å². The molecule has 0 unspecified atom stereocenters. The highest BCUT2D eigenvalue weighted by Gasteiger charge is 2.08. The lowest BCUT2D eigenvalue weighted by molar-refractivity contribution is 0.0601. The molecular formula is C13H13ClN2O2. The maximum Gasteiger partial charge on any atom is 0.337 e. The lowest BCUT2D eigenvalue weighted by Gasteiger charge is -2.09. The molecule has 2 aromatic rings. The van der Waals surface area contributed by atoms with Crippen LogP contribution in [0.15, 0.2) is 36.7 Å². The summed E-state index contributed by atoms with van der Waals surface area (Å²) in [5.41, 5.74) is 2.29. The van der Waals surface area contributed by atoms with E-state index in [9.17, 15) is 4.79 Å². The van der Waals surface area contributed by atoms with Gasteiger partial charge in [0.2, 0.25) is 0 Å². The van der Waals surface area contributed by atoms with Gasteiger partial charge in [-0.3, -0.25) is 0 Å². The van der Waals surface area contributed by atoms with E-state index in [2.05, 4.69) is 15.0 Å². The second-order valence-electron chi connectivity index (χ2n) is 3.76. The maximum absolute atomic E-state index is 11.4. The number of methoxy groups -OCH3 is 1. The van der Waals surface area contributed by atoms with Crippen molar-refractivity contribution >= 4 is 23.3 Å². The molecule has 4 nitrogen and oxygen atoms in total.